The molecule has 10 aromatic carbocycles. The zero-order valence-corrected chi connectivity index (χ0v) is 33.4. The van der Waals surface area contributed by atoms with Gasteiger partial charge in [0.15, 0.2) is 0 Å². The largest absolute Gasteiger partial charge is 0.455 e. The van der Waals surface area contributed by atoms with Crippen molar-refractivity contribution in [3.05, 3.63) is 259 Å². The molecule has 61 heavy (non-hydrogen) atoms. The van der Waals surface area contributed by atoms with E-state index < -0.39 is 5.41 Å². The average molecular weight is 778 g/mol. The van der Waals surface area contributed by atoms with Gasteiger partial charge in [0, 0.05) is 33.5 Å². The van der Waals surface area contributed by atoms with Crippen LogP contribution in [0.2, 0.25) is 0 Å². The topological polar surface area (TPSA) is 12.5 Å². The minimum atomic E-state index is -0.486. The molecule has 0 fully saturated rings. The fraction of sp³-hybridized carbons (Fsp3) is 0.0169. The van der Waals surface area contributed by atoms with E-state index in [4.69, 9.17) is 4.74 Å². The maximum atomic E-state index is 6.97. The third-order valence-electron chi connectivity index (χ3n) is 12.8. The molecule has 2 heteroatoms. The van der Waals surface area contributed by atoms with E-state index in [1.807, 2.05) is 0 Å². The molecule has 2 aliphatic rings. The van der Waals surface area contributed by atoms with E-state index in [2.05, 4.69) is 241 Å². The summed E-state index contributed by atoms with van der Waals surface area (Å²) in [5, 5.41) is 2.23. The van der Waals surface area contributed by atoms with Gasteiger partial charge in [0.1, 0.15) is 11.5 Å². The van der Waals surface area contributed by atoms with E-state index in [9.17, 15) is 0 Å². The Kier molecular flexibility index (Phi) is 8.11. The van der Waals surface area contributed by atoms with Gasteiger partial charge in [0.25, 0.3) is 0 Å². The Balaban J connectivity index is 1.10. The lowest BCUT2D eigenvalue weighted by molar-refractivity contribution is 0.493. The van der Waals surface area contributed by atoms with Crippen LogP contribution in [0.3, 0.4) is 0 Å². The van der Waals surface area contributed by atoms with E-state index in [0.29, 0.717) is 0 Å². The van der Waals surface area contributed by atoms with Crippen molar-refractivity contribution in [2.75, 3.05) is 4.90 Å². The molecule has 10 aromatic rings. The van der Waals surface area contributed by atoms with E-state index in [-0.39, 0.29) is 0 Å². The summed E-state index contributed by atoms with van der Waals surface area (Å²) < 4.78 is 6.97. The summed E-state index contributed by atoms with van der Waals surface area (Å²) in [5.74, 6) is 1.72. The molecule has 0 unspecified atom stereocenters. The van der Waals surface area contributed by atoms with Gasteiger partial charge in [-0.2, -0.15) is 0 Å². The predicted molar refractivity (Wildman–Crippen MR) is 252 cm³/mol. The molecule has 0 bridgehead atoms. The SMILES string of the molecule is c1ccc(-c2ccc(N(c3ccc(C4(c5ccccc5)c5ccccc5-c5ccccc54)cc3)c3cccc4c3-c3ccc5ccccc5c3Oc3ccccc3-4)cc2)cc1. The lowest BCUT2D eigenvalue weighted by Crippen LogP contribution is -2.28. The molecule has 12 rings (SSSR count). The maximum Gasteiger partial charge on any atom is 0.143 e. The number of rotatable bonds is 6. The summed E-state index contributed by atoms with van der Waals surface area (Å²) >= 11 is 0. The van der Waals surface area contributed by atoms with Gasteiger partial charge in [-0.25, -0.2) is 0 Å². The molecule has 1 aliphatic carbocycles. The molecule has 0 saturated heterocycles. The normalized spacial score (nSPS) is 12.9. The lowest BCUT2D eigenvalue weighted by atomic mass is 9.68. The van der Waals surface area contributed by atoms with Crippen molar-refractivity contribution >= 4 is 27.8 Å². The Bertz CT molecular complexity index is 3210. The van der Waals surface area contributed by atoms with Gasteiger partial charge < -0.3 is 9.64 Å². The van der Waals surface area contributed by atoms with Crippen LogP contribution in [0.4, 0.5) is 17.1 Å². The maximum absolute atomic E-state index is 6.97. The van der Waals surface area contributed by atoms with Crippen molar-refractivity contribution in [2.45, 2.75) is 5.41 Å². The molecule has 0 amide bonds. The number of hydrogen-bond acceptors (Lipinski definition) is 2. The van der Waals surface area contributed by atoms with Crippen LogP contribution in [-0.4, -0.2) is 0 Å². The second-order valence-electron chi connectivity index (χ2n) is 16.0. The number of benzene rings is 10. The number of para-hydroxylation sites is 1. The summed E-state index contributed by atoms with van der Waals surface area (Å²) in [6, 6.07) is 85.9. The molecule has 1 aliphatic heterocycles. The highest BCUT2D eigenvalue weighted by Gasteiger charge is 2.45. The molecule has 0 N–H and O–H groups in total. The monoisotopic (exact) mass is 777 g/mol. The van der Waals surface area contributed by atoms with E-state index in [0.717, 1.165) is 61.6 Å². The van der Waals surface area contributed by atoms with Crippen molar-refractivity contribution in [1.82, 2.24) is 0 Å². The first kappa shape index (κ1) is 35.0. The molecular weight excluding hydrogens is 739 g/mol. The highest BCUT2D eigenvalue weighted by molar-refractivity contribution is 6.05. The van der Waals surface area contributed by atoms with Crippen molar-refractivity contribution in [3.63, 3.8) is 0 Å². The standard InChI is InChI=1S/C59H39NO/c1-3-16-40(17-4-1)41-30-35-45(36-31-41)60(55-28-15-25-51-50-24-11-14-29-56(50)61-58-47-21-8-7-18-42(47)32-39-52(58)57(51)55)46-37-33-44(34-38-46)59(43-19-5-2-6-20-43)53-26-12-9-22-48(53)49-23-10-13-27-54(49)59/h1-39H. The van der Waals surface area contributed by atoms with Gasteiger partial charge in [-0.1, -0.05) is 194 Å². The predicted octanol–water partition coefficient (Wildman–Crippen LogP) is 15.8. The highest BCUT2D eigenvalue weighted by atomic mass is 16.5. The molecular formula is C59H39NO. The second-order valence-corrected chi connectivity index (χ2v) is 16.0. The third kappa shape index (κ3) is 5.43. The molecule has 0 atom stereocenters. The van der Waals surface area contributed by atoms with Crippen molar-refractivity contribution in [1.29, 1.82) is 0 Å². The van der Waals surface area contributed by atoms with E-state index >= 15 is 0 Å². The minimum absolute atomic E-state index is 0.486. The number of anilines is 3. The number of fused-ring (bicyclic) bond motifs is 10. The first-order valence-corrected chi connectivity index (χ1v) is 21.0. The van der Waals surface area contributed by atoms with E-state index in [1.54, 1.807) is 0 Å². The van der Waals surface area contributed by atoms with Crippen LogP contribution in [0.1, 0.15) is 22.3 Å². The van der Waals surface area contributed by atoms with Crippen LogP contribution in [0.25, 0.3) is 55.3 Å². The van der Waals surface area contributed by atoms with Gasteiger partial charge in [-0.15, -0.1) is 0 Å². The van der Waals surface area contributed by atoms with Gasteiger partial charge in [-0.3, -0.25) is 0 Å². The quantitative estimate of drug-likeness (QED) is 0.167. The molecule has 0 aromatic heterocycles. The van der Waals surface area contributed by atoms with Crippen LogP contribution in [-0.2, 0) is 5.41 Å². The van der Waals surface area contributed by atoms with Gasteiger partial charge in [0.2, 0.25) is 0 Å². The fourth-order valence-electron chi connectivity index (χ4n) is 10.1. The van der Waals surface area contributed by atoms with Crippen molar-refractivity contribution in [2.24, 2.45) is 0 Å². The number of nitrogens with zero attached hydrogens (tertiary/aromatic N) is 1. The van der Waals surface area contributed by atoms with Crippen molar-refractivity contribution in [3.8, 4) is 56.0 Å². The first-order valence-electron chi connectivity index (χ1n) is 21.0. The highest BCUT2D eigenvalue weighted by Crippen LogP contribution is 2.57. The van der Waals surface area contributed by atoms with Crippen LogP contribution in [0, 0.1) is 0 Å². The van der Waals surface area contributed by atoms with Gasteiger partial charge >= 0.3 is 0 Å². The molecule has 1 heterocycles. The zero-order valence-electron chi connectivity index (χ0n) is 33.4. The Morgan fingerprint density at radius 3 is 1.61 bits per heavy atom. The Labute approximate surface area is 356 Å². The molecule has 0 saturated carbocycles. The zero-order chi connectivity index (χ0) is 40.3. The molecule has 0 radical (unpaired) electrons. The number of hydrogen-bond donors (Lipinski definition) is 0. The Hall–Kier alpha value is -7.94. The summed E-state index contributed by atoms with van der Waals surface area (Å²) in [6.45, 7) is 0. The third-order valence-corrected chi connectivity index (χ3v) is 12.8. The van der Waals surface area contributed by atoms with Crippen LogP contribution >= 0.6 is 0 Å². The summed E-state index contributed by atoms with van der Waals surface area (Å²) in [6.07, 6.45) is 0. The molecule has 2 nitrogen and oxygen atoms in total. The van der Waals surface area contributed by atoms with Gasteiger partial charge in [-0.05, 0) is 97.9 Å². The first-order chi connectivity index (χ1) is 30.3. The molecule has 0 spiro atoms. The van der Waals surface area contributed by atoms with Crippen LogP contribution < -0.4 is 9.64 Å². The lowest BCUT2D eigenvalue weighted by Gasteiger charge is -2.34. The van der Waals surface area contributed by atoms with Crippen molar-refractivity contribution < 1.29 is 4.74 Å². The Morgan fingerprint density at radius 1 is 0.344 bits per heavy atom. The number of ether oxygens (including phenoxy) is 1. The summed E-state index contributed by atoms with van der Waals surface area (Å²) in [4.78, 5) is 2.43. The summed E-state index contributed by atoms with van der Waals surface area (Å²) in [5.41, 5.74) is 17.1. The van der Waals surface area contributed by atoms with Gasteiger partial charge in [0.05, 0.1) is 11.1 Å². The summed E-state index contributed by atoms with van der Waals surface area (Å²) in [7, 11) is 0. The van der Waals surface area contributed by atoms with Crippen LogP contribution in [0.5, 0.6) is 11.5 Å². The molecule has 286 valence electrons. The fourth-order valence-corrected chi connectivity index (χ4v) is 10.1. The Morgan fingerprint density at radius 2 is 0.885 bits per heavy atom. The second kappa shape index (κ2) is 14.1. The van der Waals surface area contributed by atoms with Crippen LogP contribution in [0.15, 0.2) is 237 Å². The van der Waals surface area contributed by atoms with E-state index in [1.165, 1.54) is 44.5 Å². The smallest absolute Gasteiger partial charge is 0.143 e. The average Bonchev–Trinajstić information content (AvgIpc) is 3.55. The minimum Gasteiger partial charge on any atom is -0.455 e.